The average Bonchev–Trinajstić information content (AvgIpc) is 2.49. The monoisotopic (exact) mass is 359 g/mol. The molecule has 1 saturated carbocycles. The van der Waals surface area contributed by atoms with Crippen LogP contribution in [0.4, 0.5) is 10.5 Å². The number of nitrogens with zero attached hydrogens (tertiary/aromatic N) is 1. The second kappa shape index (κ2) is 6.97. The van der Waals surface area contributed by atoms with E-state index < -0.39 is 0 Å². The van der Waals surface area contributed by atoms with Gasteiger partial charge in [0.05, 0.1) is 0 Å². The lowest BCUT2D eigenvalue weighted by atomic mass is 9.91. The van der Waals surface area contributed by atoms with Gasteiger partial charge in [-0.15, -0.1) is 0 Å². The van der Waals surface area contributed by atoms with Crippen LogP contribution in [-0.2, 0) is 11.3 Å². The Balaban J connectivity index is 1.73. The number of anilines is 1. The van der Waals surface area contributed by atoms with Gasteiger partial charge in [-0.1, -0.05) is 52.3 Å². The Kier molecular flexibility index (Phi) is 4.78. The van der Waals surface area contributed by atoms with Crippen LogP contribution in [0.5, 0.6) is 0 Å². The van der Waals surface area contributed by atoms with Gasteiger partial charge in [0, 0.05) is 16.2 Å². The zero-order valence-electron chi connectivity index (χ0n) is 12.2. The van der Waals surface area contributed by atoms with Gasteiger partial charge in [0.2, 0.25) is 0 Å². The lowest BCUT2D eigenvalue weighted by molar-refractivity contribution is 0.141. The highest BCUT2D eigenvalue weighted by Gasteiger charge is 2.31. The van der Waals surface area contributed by atoms with Crippen LogP contribution < -0.4 is 4.90 Å². The van der Waals surface area contributed by atoms with Crippen LogP contribution in [0.3, 0.4) is 0 Å². The Hall–Kier alpha value is -1.81. The van der Waals surface area contributed by atoms with E-state index in [0.717, 1.165) is 28.6 Å². The van der Waals surface area contributed by atoms with Crippen molar-refractivity contribution in [3.63, 3.8) is 0 Å². The molecule has 0 aromatic heterocycles. The number of hydrogen-bond acceptors (Lipinski definition) is 2. The summed E-state index contributed by atoms with van der Waals surface area (Å²) in [7, 11) is 0. The predicted molar refractivity (Wildman–Crippen MR) is 90.9 cm³/mol. The molecule has 1 amide bonds. The number of carbonyl (C=O) groups is 1. The molecule has 0 heterocycles. The largest absolute Gasteiger partial charge is 0.444 e. The molecular weight excluding hydrogens is 342 g/mol. The highest BCUT2D eigenvalue weighted by Crippen LogP contribution is 2.31. The number of rotatable bonds is 4. The van der Waals surface area contributed by atoms with Gasteiger partial charge in [-0.05, 0) is 43.0 Å². The van der Waals surface area contributed by atoms with Crippen LogP contribution >= 0.6 is 15.9 Å². The van der Waals surface area contributed by atoms with E-state index >= 15 is 0 Å². The van der Waals surface area contributed by atoms with E-state index in [1.165, 1.54) is 6.42 Å². The molecule has 0 N–H and O–H groups in total. The lowest BCUT2D eigenvalue weighted by Gasteiger charge is -2.36. The van der Waals surface area contributed by atoms with Gasteiger partial charge in [0.15, 0.2) is 0 Å². The summed E-state index contributed by atoms with van der Waals surface area (Å²) in [5.74, 6) is 0. The molecule has 0 atom stereocenters. The van der Waals surface area contributed by atoms with Crippen molar-refractivity contribution in [1.82, 2.24) is 0 Å². The molecule has 0 saturated heterocycles. The van der Waals surface area contributed by atoms with Crippen molar-refractivity contribution in [1.29, 1.82) is 0 Å². The maximum absolute atomic E-state index is 12.6. The Morgan fingerprint density at radius 3 is 2.55 bits per heavy atom. The zero-order chi connectivity index (χ0) is 15.4. The molecule has 0 spiro atoms. The molecule has 114 valence electrons. The normalized spacial score (nSPS) is 14.2. The third-order valence-electron chi connectivity index (χ3n) is 3.93. The van der Waals surface area contributed by atoms with Crippen molar-refractivity contribution in [2.75, 3.05) is 4.90 Å². The number of hydrogen-bond donors (Lipinski definition) is 0. The molecule has 0 unspecified atom stereocenters. The van der Waals surface area contributed by atoms with Gasteiger partial charge in [-0.2, -0.15) is 0 Å². The van der Waals surface area contributed by atoms with Crippen molar-refractivity contribution in [3.8, 4) is 0 Å². The summed E-state index contributed by atoms with van der Waals surface area (Å²) < 4.78 is 6.48. The predicted octanol–water partition coefficient (Wildman–Crippen LogP) is 5.14. The Labute approximate surface area is 139 Å². The van der Waals surface area contributed by atoms with E-state index in [1.54, 1.807) is 4.90 Å². The van der Waals surface area contributed by atoms with Gasteiger partial charge in [-0.3, -0.25) is 4.90 Å². The quantitative estimate of drug-likeness (QED) is 0.755. The lowest BCUT2D eigenvalue weighted by Crippen LogP contribution is -2.44. The third-order valence-corrected chi connectivity index (χ3v) is 4.42. The van der Waals surface area contributed by atoms with Crippen LogP contribution in [0.15, 0.2) is 59.1 Å². The maximum Gasteiger partial charge on any atom is 0.414 e. The Morgan fingerprint density at radius 2 is 1.91 bits per heavy atom. The molecule has 0 aliphatic heterocycles. The molecule has 3 rings (SSSR count). The van der Waals surface area contributed by atoms with Gasteiger partial charge in [0.1, 0.15) is 6.61 Å². The SMILES string of the molecule is O=C(OCc1ccccc1)N(c1cccc(Br)c1)C1CCC1. The third kappa shape index (κ3) is 3.50. The van der Waals surface area contributed by atoms with E-state index in [0.29, 0.717) is 6.61 Å². The molecule has 0 bridgehead atoms. The van der Waals surface area contributed by atoms with Crippen molar-refractivity contribution in [3.05, 3.63) is 64.6 Å². The topological polar surface area (TPSA) is 29.5 Å². The summed E-state index contributed by atoms with van der Waals surface area (Å²) in [5.41, 5.74) is 1.88. The molecular formula is C18H18BrNO2. The second-order valence-electron chi connectivity index (χ2n) is 5.47. The van der Waals surface area contributed by atoms with E-state index in [9.17, 15) is 4.79 Å². The minimum atomic E-state index is -0.272. The first-order chi connectivity index (χ1) is 10.7. The molecule has 1 aliphatic carbocycles. The highest BCUT2D eigenvalue weighted by atomic mass is 79.9. The van der Waals surface area contributed by atoms with Crippen molar-refractivity contribution in [2.45, 2.75) is 31.9 Å². The molecule has 4 heteroatoms. The summed E-state index contributed by atoms with van der Waals surface area (Å²) >= 11 is 3.47. The highest BCUT2D eigenvalue weighted by molar-refractivity contribution is 9.10. The Bertz CT molecular complexity index is 641. The molecule has 1 aliphatic rings. The van der Waals surface area contributed by atoms with E-state index in [2.05, 4.69) is 15.9 Å². The van der Waals surface area contributed by atoms with Crippen LogP contribution in [0.25, 0.3) is 0 Å². The maximum atomic E-state index is 12.6. The molecule has 2 aromatic rings. The fraction of sp³-hybridized carbons (Fsp3) is 0.278. The second-order valence-corrected chi connectivity index (χ2v) is 6.39. The van der Waals surface area contributed by atoms with Crippen LogP contribution in [0.2, 0.25) is 0 Å². The number of amides is 1. The minimum absolute atomic E-state index is 0.248. The number of halogens is 1. The molecule has 1 fully saturated rings. The zero-order valence-corrected chi connectivity index (χ0v) is 13.8. The van der Waals surface area contributed by atoms with Crippen molar-refractivity contribution < 1.29 is 9.53 Å². The summed E-state index contributed by atoms with van der Waals surface area (Å²) in [6.45, 7) is 0.302. The Morgan fingerprint density at radius 1 is 1.14 bits per heavy atom. The molecule has 0 radical (unpaired) electrons. The first kappa shape index (κ1) is 15.1. The standard InChI is InChI=1S/C18H18BrNO2/c19-15-8-4-11-17(12-15)20(16-9-5-10-16)18(21)22-13-14-6-2-1-3-7-14/h1-4,6-8,11-12,16H,5,9-10,13H2. The molecule has 3 nitrogen and oxygen atoms in total. The van der Waals surface area contributed by atoms with Crippen LogP contribution in [0.1, 0.15) is 24.8 Å². The van der Waals surface area contributed by atoms with Gasteiger partial charge in [-0.25, -0.2) is 4.79 Å². The van der Waals surface area contributed by atoms with E-state index in [-0.39, 0.29) is 12.1 Å². The fourth-order valence-electron chi connectivity index (χ4n) is 2.53. The smallest absolute Gasteiger partial charge is 0.414 e. The first-order valence-electron chi connectivity index (χ1n) is 7.49. The fourth-order valence-corrected chi connectivity index (χ4v) is 2.91. The molecule has 2 aromatic carbocycles. The minimum Gasteiger partial charge on any atom is -0.444 e. The average molecular weight is 360 g/mol. The summed E-state index contributed by atoms with van der Waals surface area (Å²) in [5, 5.41) is 0. The summed E-state index contributed by atoms with van der Waals surface area (Å²) in [6.07, 6.45) is 2.97. The van der Waals surface area contributed by atoms with E-state index in [1.807, 2.05) is 54.6 Å². The van der Waals surface area contributed by atoms with Gasteiger partial charge in [0.25, 0.3) is 0 Å². The number of carbonyl (C=O) groups excluding carboxylic acids is 1. The van der Waals surface area contributed by atoms with Crippen LogP contribution in [-0.4, -0.2) is 12.1 Å². The molecule has 22 heavy (non-hydrogen) atoms. The van der Waals surface area contributed by atoms with Gasteiger partial charge < -0.3 is 4.74 Å². The number of ether oxygens (including phenoxy) is 1. The van der Waals surface area contributed by atoms with Crippen molar-refractivity contribution >= 4 is 27.7 Å². The van der Waals surface area contributed by atoms with Crippen LogP contribution in [0, 0.1) is 0 Å². The summed E-state index contributed by atoms with van der Waals surface area (Å²) in [4.78, 5) is 14.3. The first-order valence-corrected chi connectivity index (χ1v) is 8.29. The van der Waals surface area contributed by atoms with E-state index in [4.69, 9.17) is 4.74 Å². The number of benzene rings is 2. The van der Waals surface area contributed by atoms with Gasteiger partial charge >= 0.3 is 6.09 Å². The summed E-state index contributed by atoms with van der Waals surface area (Å²) in [6, 6.07) is 17.8. The van der Waals surface area contributed by atoms with Crippen molar-refractivity contribution in [2.24, 2.45) is 0 Å².